The van der Waals surface area contributed by atoms with Crippen molar-refractivity contribution in [2.45, 2.75) is 20.4 Å². The molecular weight excluding hydrogens is 352 g/mol. The fourth-order valence-electron chi connectivity index (χ4n) is 3.22. The summed E-state index contributed by atoms with van der Waals surface area (Å²) >= 11 is 0. The summed E-state index contributed by atoms with van der Waals surface area (Å²) in [5.74, 6) is -0.143. The lowest BCUT2D eigenvalue weighted by Crippen LogP contribution is -2.39. The minimum absolute atomic E-state index is 0.00401. The van der Waals surface area contributed by atoms with Crippen molar-refractivity contribution in [3.05, 3.63) is 67.0 Å². The number of rotatable bonds is 7. The number of aromatic nitrogens is 2. The van der Waals surface area contributed by atoms with Crippen molar-refractivity contribution >= 4 is 34.7 Å². The molecule has 1 aromatic heterocycles. The molecule has 0 spiro atoms. The Bertz CT molecular complexity index is 1000. The quantitative estimate of drug-likeness (QED) is 0.643. The van der Waals surface area contributed by atoms with Crippen molar-refractivity contribution in [2.24, 2.45) is 0 Å². The van der Waals surface area contributed by atoms with Crippen LogP contribution in [0.25, 0.3) is 17.2 Å². The maximum Gasteiger partial charge on any atom is 0.266 e. The van der Waals surface area contributed by atoms with Crippen LogP contribution in [-0.4, -0.2) is 34.4 Å². The van der Waals surface area contributed by atoms with Gasteiger partial charge in [-0.1, -0.05) is 18.7 Å². The molecule has 3 aromatic rings. The number of para-hydroxylation sites is 2. The van der Waals surface area contributed by atoms with E-state index in [4.69, 9.17) is 0 Å². The van der Waals surface area contributed by atoms with E-state index in [1.165, 1.54) is 0 Å². The van der Waals surface area contributed by atoms with Crippen LogP contribution in [0.4, 0.5) is 5.69 Å². The van der Waals surface area contributed by atoms with Crippen LogP contribution < -0.4 is 9.88 Å². The fraction of sp³-hybridized carbons (Fsp3) is 0.227. The van der Waals surface area contributed by atoms with E-state index in [2.05, 4.69) is 11.9 Å². The Morgan fingerprint density at radius 2 is 1.79 bits per heavy atom. The Hall–Kier alpha value is -3.41. The van der Waals surface area contributed by atoms with Crippen molar-refractivity contribution < 1.29 is 14.2 Å². The number of fused-ring (bicyclic) bond motifs is 1. The third kappa shape index (κ3) is 3.96. The molecule has 0 unspecified atom stereocenters. The maximum absolute atomic E-state index is 12.5. The number of benzene rings is 2. The summed E-state index contributed by atoms with van der Waals surface area (Å²) in [7, 11) is 0. The van der Waals surface area contributed by atoms with Crippen LogP contribution in [0.15, 0.2) is 61.4 Å². The summed E-state index contributed by atoms with van der Waals surface area (Å²) < 4.78 is 3.76. The van der Waals surface area contributed by atoms with Crippen LogP contribution in [0.2, 0.25) is 0 Å². The Morgan fingerprint density at radius 1 is 1.11 bits per heavy atom. The second-order valence-corrected chi connectivity index (χ2v) is 6.42. The van der Waals surface area contributed by atoms with Gasteiger partial charge in [-0.2, -0.15) is 0 Å². The average molecular weight is 377 g/mol. The Morgan fingerprint density at radius 3 is 2.43 bits per heavy atom. The van der Waals surface area contributed by atoms with Crippen molar-refractivity contribution in [3.63, 3.8) is 0 Å². The first-order chi connectivity index (χ1) is 13.6. The van der Waals surface area contributed by atoms with Crippen molar-refractivity contribution in [2.75, 3.05) is 18.4 Å². The summed E-state index contributed by atoms with van der Waals surface area (Å²) in [6.07, 6.45) is 3.56. The van der Waals surface area contributed by atoms with Crippen LogP contribution in [0.1, 0.15) is 24.2 Å². The van der Waals surface area contributed by atoms with Crippen molar-refractivity contribution in [1.29, 1.82) is 0 Å². The molecule has 1 heterocycles. The minimum Gasteiger partial charge on any atom is -0.339 e. The van der Waals surface area contributed by atoms with E-state index in [0.717, 1.165) is 11.0 Å². The number of nitrogens with one attached hydrogen (secondary N) is 1. The van der Waals surface area contributed by atoms with Crippen LogP contribution in [-0.2, 0) is 11.3 Å². The van der Waals surface area contributed by atoms with Gasteiger partial charge in [0.25, 0.3) is 11.8 Å². The molecule has 0 aliphatic rings. The highest BCUT2D eigenvalue weighted by atomic mass is 16.2. The van der Waals surface area contributed by atoms with Gasteiger partial charge in [0.1, 0.15) is 0 Å². The van der Waals surface area contributed by atoms with Crippen LogP contribution in [0.5, 0.6) is 0 Å². The van der Waals surface area contributed by atoms with E-state index in [0.29, 0.717) is 24.3 Å². The number of hydrogen-bond acceptors (Lipinski definition) is 2. The van der Waals surface area contributed by atoms with Gasteiger partial charge in [-0.25, -0.2) is 9.13 Å². The van der Waals surface area contributed by atoms with Gasteiger partial charge in [0.15, 0.2) is 17.6 Å². The maximum atomic E-state index is 12.5. The third-order valence-corrected chi connectivity index (χ3v) is 4.71. The number of nitrogens with zero attached hydrogens (tertiary/aromatic N) is 3. The smallest absolute Gasteiger partial charge is 0.266 e. The zero-order valence-corrected chi connectivity index (χ0v) is 16.3. The van der Waals surface area contributed by atoms with Crippen LogP contribution in [0, 0.1) is 0 Å². The molecular formula is C22H25N4O2+. The SMILES string of the molecule is C=Cn1c[n+](CC(=O)Nc2ccc(C(=O)N(CC)CC)cc2)c2ccccc21. The Balaban J connectivity index is 1.70. The first kappa shape index (κ1) is 19.4. The van der Waals surface area contributed by atoms with Gasteiger partial charge >= 0.3 is 0 Å². The number of anilines is 1. The molecule has 0 atom stereocenters. The summed E-state index contributed by atoms with van der Waals surface area (Å²) in [5.41, 5.74) is 3.22. The Labute approximate surface area is 164 Å². The highest BCUT2D eigenvalue weighted by molar-refractivity contribution is 5.95. The topological polar surface area (TPSA) is 58.2 Å². The molecule has 0 aliphatic carbocycles. The molecule has 0 aliphatic heterocycles. The third-order valence-electron chi connectivity index (χ3n) is 4.71. The monoisotopic (exact) mass is 377 g/mol. The van der Waals surface area contributed by atoms with Gasteiger partial charge < -0.3 is 10.2 Å². The summed E-state index contributed by atoms with van der Waals surface area (Å²) in [5, 5.41) is 2.89. The summed E-state index contributed by atoms with van der Waals surface area (Å²) in [4.78, 5) is 26.6. The van der Waals surface area contributed by atoms with E-state index < -0.39 is 0 Å². The molecule has 0 bridgehead atoms. The highest BCUT2D eigenvalue weighted by Gasteiger charge is 2.17. The van der Waals surface area contributed by atoms with E-state index in [1.807, 2.05) is 53.6 Å². The number of carbonyl (C=O) groups is 2. The van der Waals surface area contributed by atoms with Crippen molar-refractivity contribution in [3.8, 4) is 0 Å². The van der Waals surface area contributed by atoms with Gasteiger partial charge in [-0.05, 0) is 50.2 Å². The molecule has 0 saturated carbocycles. The van der Waals surface area contributed by atoms with Gasteiger partial charge in [0.05, 0.1) is 6.20 Å². The lowest BCUT2D eigenvalue weighted by molar-refractivity contribution is -0.658. The molecule has 6 nitrogen and oxygen atoms in total. The Kier molecular flexibility index (Phi) is 5.89. The van der Waals surface area contributed by atoms with E-state index in [1.54, 1.807) is 35.4 Å². The zero-order valence-electron chi connectivity index (χ0n) is 16.3. The molecule has 0 radical (unpaired) electrons. The number of amides is 2. The summed E-state index contributed by atoms with van der Waals surface area (Å²) in [6.45, 7) is 9.24. The second-order valence-electron chi connectivity index (χ2n) is 6.42. The highest BCUT2D eigenvalue weighted by Crippen LogP contribution is 2.13. The fourth-order valence-corrected chi connectivity index (χ4v) is 3.22. The van der Waals surface area contributed by atoms with E-state index in [-0.39, 0.29) is 18.4 Å². The van der Waals surface area contributed by atoms with Gasteiger partial charge in [-0.15, -0.1) is 0 Å². The minimum atomic E-state index is -0.139. The average Bonchev–Trinajstić information content (AvgIpc) is 3.07. The first-order valence-corrected chi connectivity index (χ1v) is 9.38. The standard InChI is InChI=1S/C22H24N4O2/c1-4-24(5-2)22(28)17-11-13-18(14-12-17)23-21(27)15-26-16-25(6-3)19-9-7-8-10-20(19)26/h6-14,16H,3-5,15H2,1-2H3/p+1. The van der Waals surface area contributed by atoms with E-state index >= 15 is 0 Å². The molecule has 3 rings (SSSR count). The second kappa shape index (κ2) is 8.52. The van der Waals surface area contributed by atoms with Gasteiger partial charge in [-0.3, -0.25) is 9.59 Å². The molecule has 0 saturated heterocycles. The molecule has 144 valence electrons. The molecule has 6 heteroatoms. The number of carbonyl (C=O) groups excluding carboxylic acids is 2. The van der Waals surface area contributed by atoms with E-state index in [9.17, 15) is 9.59 Å². The molecule has 2 aromatic carbocycles. The lowest BCUT2D eigenvalue weighted by Gasteiger charge is -2.18. The largest absolute Gasteiger partial charge is 0.339 e. The van der Waals surface area contributed by atoms with Crippen LogP contribution in [0.3, 0.4) is 0 Å². The molecule has 2 amide bonds. The number of hydrogen-bond donors (Lipinski definition) is 1. The van der Waals surface area contributed by atoms with Crippen LogP contribution >= 0.6 is 0 Å². The first-order valence-electron chi connectivity index (χ1n) is 9.38. The normalized spacial score (nSPS) is 10.6. The zero-order chi connectivity index (χ0) is 20.1. The van der Waals surface area contributed by atoms with Gasteiger partial charge in [0, 0.05) is 24.3 Å². The number of imidazole rings is 1. The summed E-state index contributed by atoms with van der Waals surface area (Å²) in [6, 6.07) is 14.8. The predicted molar refractivity (Wildman–Crippen MR) is 111 cm³/mol. The molecule has 1 N–H and O–H groups in total. The van der Waals surface area contributed by atoms with Gasteiger partial charge in [0.2, 0.25) is 6.33 Å². The van der Waals surface area contributed by atoms with Crippen molar-refractivity contribution in [1.82, 2.24) is 9.47 Å². The predicted octanol–water partition coefficient (Wildman–Crippen LogP) is 3.15. The lowest BCUT2D eigenvalue weighted by atomic mass is 10.1. The molecule has 28 heavy (non-hydrogen) atoms. The molecule has 0 fully saturated rings.